The van der Waals surface area contributed by atoms with E-state index in [1.54, 1.807) is 0 Å². The van der Waals surface area contributed by atoms with Gasteiger partial charge in [-0.15, -0.1) is 0 Å². The Morgan fingerprint density at radius 2 is 1.83 bits per heavy atom. The van der Waals surface area contributed by atoms with Crippen LogP contribution in [0.2, 0.25) is 0 Å². The van der Waals surface area contributed by atoms with Gasteiger partial charge < -0.3 is 10.6 Å². The number of amides is 1. The smallest absolute Gasteiger partial charge is 0.237 e. The van der Waals surface area contributed by atoms with Crippen LogP contribution in [0.5, 0.6) is 0 Å². The topological polar surface area (TPSA) is 41.1 Å². The number of hydrogen-bond donors (Lipinski definition) is 2. The number of rotatable bonds is 2. The molecular formula is C15H26N2O. The maximum atomic E-state index is 11.9. The summed E-state index contributed by atoms with van der Waals surface area (Å²) in [7, 11) is 0. The molecule has 1 saturated heterocycles. The minimum absolute atomic E-state index is 0.0819. The van der Waals surface area contributed by atoms with Gasteiger partial charge in [-0.25, -0.2) is 0 Å². The molecule has 0 radical (unpaired) electrons. The van der Waals surface area contributed by atoms with Crippen LogP contribution in [0.3, 0.4) is 0 Å². The van der Waals surface area contributed by atoms with Crippen LogP contribution in [-0.2, 0) is 4.79 Å². The lowest BCUT2D eigenvalue weighted by Gasteiger charge is -2.51. The maximum Gasteiger partial charge on any atom is 0.237 e. The average molecular weight is 250 g/mol. The van der Waals surface area contributed by atoms with Crippen molar-refractivity contribution >= 4 is 5.91 Å². The molecule has 1 amide bonds. The average Bonchev–Trinajstić information content (AvgIpc) is 2.54. The van der Waals surface area contributed by atoms with Crippen LogP contribution in [0.25, 0.3) is 0 Å². The highest BCUT2D eigenvalue weighted by Gasteiger charge is 2.45. The molecule has 1 spiro atoms. The molecule has 3 rings (SSSR count). The summed E-state index contributed by atoms with van der Waals surface area (Å²) in [6, 6.07) is 0.690. The van der Waals surface area contributed by atoms with E-state index in [0.717, 1.165) is 19.4 Å². The predicted octanol–water partition coefficient (Wildman–Crippen LogP) is 2.36. The van der Waals surface area contributed by atoms with Gasteiger partial charge in [-0.2, -0.15) is 0 Å². The number of nitrogens with one attached hydrogen (secondary N) is 2. The van der Waals surface area contributed by atoms with Crippen LogP contribution in [-0.4, -0.2) is 24.5 Å². The fraction of sp³-hybridized carbons (Fsp3) is 0.933. The molecule has 0 aromatic heterocycles. The van der Waals surface area contributed by atoms with E-state index >= 15 is 0 Å². The van der Waals surface area contributed by atoms with E-state index in [4.69, 9.17) is 0 Å². The molecule has 3 fully saturated rings. The lowest BCUT2D eigenvalue weighted by atomic mass is 9.58. The van der Waals surface area contributed by atoms with Gasteiger partial charge >= 0.3 is 0 Å². The van der Waals surface area contributed by atoms with E-state index < -0.39 is 0 Å². The van der Waals surface area contributed by atoms with Gasteiger partial charge in [-0.3, -0.25) is 4.79 Å². The summed E-state index contributed by atoms with van der Waals surface area (Å²) in [5.41, 5.74) is 0.664. The summed E-state index contributed by atoms with van der Waals surface area (Å²) in [5, 5.41) is 6.62. The van der Waals surface area contributed by atoms with Crippen molar-refractivity contribution in [3.05, 3.63) is 0 Å². The molecule has 3 heteroatoms. The largest absolute Gasteiger partial charge is 0.355 e. The van der Waals surface area contributed by atoms with E-state index in [-0.39, 0.29) is 11.9 Å². The van der Waals surface area contributed by atoms with Crippen molar-refractivity contribution in [2.24, 2.45) is 5.41 Å². The highest BCUT2D eigenvalue weighted by molar-refractivity contribution is 5.81. The Hall–Kier alpha value is -0.570. The van der Waals surface area contributed by atoms with Gasteiger partial charge in [0, 0.05) is 12.6 Å². The van der Waals surface area contributed by atoms with E-state index in [1.165, 1.54) is 51.4 Å². The first-order valence-corrected chi connectivity index (χ1v) is 7.81. The van der Waals surface area contributed by atoms with Crippen molar-refractivity contribution in [1.29, 1.82) is 0 Å². The van der Waals surface area contributed by atoms with Gasteiger partial charge in [-0.1, -0.05) is 19.3 Å². The van der Waals surface area contributed by atoms with E-state index in [9.17, 15) is 4.79 Å². The molecule has 2 saturated carbocycles. The van der Waals surface area contributed by atoms with Gasteiger partial charge in [-0.05, 0) is 50.4 Å². The number of carbonyl (C=O) groups is 1. The standard InChI is InChI=1S/C15H26N2O/c18-14-13(6-2-5-9-16-14)17-12-10-15(11-12)7-3-1-4-8-15/h12-13,17H,1-11H2,(H,16,18). The Morgan fingerprint density at radius 1 is 1.06 bits per heavy atom. The second kappa shape index (κ2) is 5.20. The summed E-state index contributed by atoms with van der Waals surface area (Å²) in [4.78, 5) is 11.9. The molecule has 0 bridgehead atoms. The Bertz CT molecular complexity index is 302. The Kier molecular flexibility index (Phi) is 3.60. The SMILES string of the molecule is O=C1NCCCCC1NC1CC2(CCCCC2)C1. The van der Waals surface area contributed by atoms with Crippen LogP contribution in [0.4, 0.5) is 0 Å². The zero-order chi connectivity index (χ0) is 12.4. The molecule has 18 heavy (non-hydrogen) atoms. The van der Waals surface area contributed by atoms with Crippen molar-refractivity contribution in [1.82, 2.24) is 10.6 Å². The molecular weight excluding hydrogens is 224 g/mol. The Morgan fingerprint density at radius 3 is 2.61 bits per heavy atom. The quantitative estimate of drug-likeness (QED) is 0.790. The summed E-state index contributed by atoms with van der Waals surface area (Å²) in [5.74, 6) is 0.233. The third kappa shape index (κ3) is 2.56. The summed E-state index contributed by atoms with van der Waals surface area (Å²) >= 11 is 0. The second-order valence-electron chi connectivity index (χ2n) is 6.67. The van der Waals surface area contributed by atoms with Gasteiger partial charge in [0.15, 0.2) is 0 Å². The van der Waals surface area contributed by atoms with E-state index in [0.29, 0.717) is 11.5 Å². The van der Waals surface area contributed by atoms with E-state index in [1.807, 2.05) is 0 Å². The lowest BCUT2D eigenvalue weighted by Crippen LogP contribution is -2.55. The highest BCUT2D eigenvalue weighted by atomic mass is 16.2. The summed E-state index contributed by atoms with van der Waals surface area (Å²) < 4.78 is 0. The zero-order valence-corrected chi connectivity index (χ0v) is 11.3. The molecule has 3 aliphatic rings. The first-order chi connectivity index (χ1) is 8.77. The molecule has 1 atom stereocenters. The maximum absolute atomic E-state index is 11.9. The molecule has 1 aliphatic heterocycles. The molecule has 102 valence electrons. The van der Waals surface area contributed by atoms with Crippen LogP contribution >= 0.6 is 0 Å². The van der Waals surface area contributed by atoms with Crippen LogP contribution in [0.15, 0.2) is 0 Å². The van der Waals surface area contributed by atoms with Crippen molar-refractivity contribution in [3.8, 4) is 0 Å². The Labute approximate surface area is 110 Å². The van der Waals surface area contributed by atoms with Crippen molar-refractivity contribution in [3.63, 3.8) is 0 Å². The number of hydrogen-bond acceptors (Lipinski definition) is 2. The minimum Gasteiger partial charge on any atom is -0.355 e. The first kappa shape index (κ1) is 12.5. The predicted molar refractivity (Wildman–Crippen MR) is 72.3 cm³/mol. The lowest BCUT2D eigenvalue weighted by molar-refractivity contribution is -0.123. The van der Waals surface area contributed by atoms with Gasteiger partial charge in [0.05, 0.1) is 6.04 Å². The minimum atomic E-state index is 0.0819. The molecule has 0 aromatic rings. The molecule has 1 unspecified atom stereocenters. The third-order valence-electron chi connectivity index (χ3n) is 5.25. The Balaban J connectivity index is 1.48. The molecule has 0 aromatic carbocycles. The molecule has 2 aliphatic carbocycles. The van der Waals surface area contributed by atoms with Crippen molar-refractivity contribution < 1.29 is 4.79 Å². The highest BCUT2D eigenvalue weighted by Crippen LogP contribution is 2.51. The second-order valence-corrected chi connectivity index (χ2v) is 6.67. The fourth-order valence-electron chi connectivity index (χ4n) is 4.20. The summed E-state index contributed by atoms with van der Waals surface area (Å²) in [6.45, 7) is 0.867. The van der Waals surface area contributed by atoms with Gasteiger partial charge in [0.25, 0.3) is 0 Å². The third-order valence-corrected chi connectivity index (χ3v) is 5.25. The summed E-state index contributed by atoms with van der Waals surface area (Å²) in [6.07, 6.45) is 13.1. The van der Waals surface area contributed by atoms with Crippen LogP contribution in [0.1, 0.15) is 64.2 Å². The zero-order valence-electron chi connectivity index (χ0n) is 11.3. The molecule has 3 nitrogen and oxygen atoms in total. The van der Waals surface area contributed by atoms with Crippen LogP contribution in [0, 0.1) is 5.41 Å². The van der Waals surface area contributed by atoms with Crippen molar-refractivity contribution in [2.45, 2.75) is 76.3 Å². The van der Waals surface area contributed by atoms with Crippen LogP contribution < -0.4 is 10.6 Å². The van der Waals surface area contributed by atoms with Crippen molar-refractivity contribution in [2.75, 3.05) is 6.54 Å². The van der Waals surface area contributed by atoms with Gasteiger partial charge in [0.1, 0.15) is 0 Å². The molecule has 1 heterocycles. The molecule has 2 N–H and O–H groups in total. The first-order valence-electron chi connectivity index (χ1n) is 7.81. The monoisotopic (exact) mass is 250 g/mol. The van der Waals surface area contributed by atoms with E-state index in [2.05, 4.69) is 10.6 Å². The normalized spacial score (nSPS) is 32.7. The number of carbonyl (C=O) groups excluding carboxylic acids is 1. The fourth-order valence-corrected chi connectivity index (χ4v) is 4.20. The van der Waals surface area contributed by atoms with Gasteiger partial charge in [0.2, 0.25) is 5.91 Å².